The normalized spacial score (nSPS) is 29.7. The quantitative estimate of drug-likeness (QED) is 0.614. The second-order valence-corrected chi connectivity index (χ2v) is 2.24. The average molecular weight is 170 g/mol. The number of carbonyl (C=O) groups excluding carboxylic acids is 1. The molecule has 0 aromatic carbocycles. The van der Waals surface area contributed by atoms with Crippen LogP contribution in [-0.4, -0.2) is 44.2 Å². The van der Waals surface area contributed by atoms with Gasteiger partial charge in [-0.15, -0.1) is 0 Å². The molecular formula is C7H17N2O2+. The molecule has 0 rings (SSSR count). The molecule has 0 fully saturated rings. The molecule has 0 bridgehead atoms. The Morgan fingerprint density at radius 3 is 2.64 bits per heavy atom. The number of quaternary nitrogens is 1. The van der Waals surface area contributed by atoms with E-state index in [2.05, 4.69) is 4.74 Å². The van der Waals surface area contributed by atoms with Crippen molar-refractivity contribution in [1.29, 1.82) is 0 Å². The van der Waals surface area contributed by atoms with E-state index < -0.39 is 44.2 Å². The first-order chi connectivity index (χ1) is 8.56. The molecule has 1 atom stereocenters. The van der Waals surface area contributed by atoms with E-state index in [1.165, 1.54) is 6.92 Å². The van der Waals surface area contributed by atoms with Gasteiger partial charge in [-0.25, -0.2) is 4.79 Å². The highest BCUT2D eigenvalue weighted by atomic mass is 16.6. The third-order valence-corrected chi connectivity index (χ3v) is 0.848. The molecule has 4 nitrogen and oxygen atoms in total. The summed E-state index contributed by atoms with van der Waals surface area (Å²) < 4.78 is 68.3. The molecule has 4 heteroatoms. The van der Waals surface area contributed by atoms with Crippen LogP contribution < -0.4 is 5.73 Å². The van der Waals surface area contributed by atoms with Crippen LogP contribution >= 0.6 is 0 Å². The molecule has 0 aliphatic rings. The maximum atomic E-state index is 10.6. The summed E-state index contributed by atoms with van der Waals surface area (Å²) in [5.74, 6) is 0. The van der Waals surface area contributed by atoms with E-state index in [1.54, 1.807) is 0 Å². The summed E-state index contributed by atoms with van der Waals surface area (Å²) in [6.07, 6.45) is -2.55. The Morgan fingerprint density at radius 1 is 1.73 bits per heavy atom. The predicted octanol–water partition coefficient (Wildman–Crippen LogP) is 0.176. The van der Waals surface area contributed by atoms with Crippen LogP contribution in [0.15, 0.2) is 0 Å². The summed E-state index contributed by atoms with van der Waals surface area (Å²) in [5.41, 5.74) is 4.75. The van der Waals surface area contributed by atoms with Gasteiger partial charge in [0.05, 0.1) is 33.3 Å². The van der Waals surface area contributed by atoms with Crippen molar-refractivity contribution >= 4 is 6.09 Å². The maximum Gasteiger partial charge on any atom is 0.404 e. The average Bonchev–Trinajstić information content (AvgIpc) is 2.06. The molecule has 1 unspecified atom stereocenters. The van der Waals surface area contributed by atoms with Crippen molar-refractivity contribution in [1.82, 2.24) is 0 Å². The summed E-state index contributed by atoms with van der Waals surface area (Å²) in [7, 11) is 0. The Balaban J connectivity index is 5.86. The van der Waals surface area contributed by atoms with Crippen LogP contribution in [0.5, 0.6) is 0 Å². The third-order valence-electron chi connectivity index (χ3n) is 0.848. The van der Waals surface area contributed by atoms with Gasteiger partial charge in [-0.3, -0.25) is 0 Å². The van der Waals surface area contributed by atoms with Gasteiger partial charge < -0.3 is 15.0 Å². The maximum absolute atomic E-state index is 10.6. The lowest BCUT2D eigenvalue weighted by Gasteiger charge is -2.26. The standard InChI is InChI=1S/C7H16N2O2/c1-6(11-7(8)10)5-9(2,3)4/h6H,5H2,1-4H3,(H-,8,10)/p+1/i2D3,3D3,4D3. The van der Waals surface area contributed by atoms with Crippen molar-refractivity contribution in [3.8, 4) is 0 Å². The van der Waals surface area contributed by atoms with Crippen molar-refractivity contribution in [2.45, 2.75) is 13.0 Å². The lowest BCUT2D eigenvalue weighted by Crippen LogP contribution is -2.42. The van der Waals surface area contributed by atoms with Crippen molar-refractivity contribution in [3.05, 3.63) is 0 Å². The fourth-order valence-corrected chi connectivity index (χ4v) is 0.621. The minimum absolute atomic E-state index is 0.952. The molecule has 0 saturated heterocycles. The molecule has 0 aliphatic heterocycles. The van der Waals surface area contributed by atoms with Gasteiger partial charge in [0.1, 0.15) is 12.6 Å². The summed E-state index contributed by atoms with van der Waals surface area (Å²) >= 11 is 0. The Hall–Kier alpha value is -0.770. The van der Waals surface area contributed by atoms with Gasteiger partial charge in [-0.05, 0) is 6.92 Å². The minimum atomic E-state index is -3.37. The Labute approximate surface area is 80.2 Å². The molecule has 66 valence electrons. The van der Waals surface area contributed by atoms with E-state index >= 15 is 0 Å². The smallest absolute Gasteiger partial charge is 0.404 e. The molecular weight excluding hydrogens is 144 g/mol. The number of nitrogens with zero attached hydrogens (tertiary/aromatic N) is 1. The van der Waals surface area contributed by atoms with Gasteiger partial charge in [-0.2, -0.15) is 0 Å². The van der Waals surface area contributed by atoms with Crippen LogP contribution in [0.3, 0.4) is 0 Å². The monoisotopic (exact) mass is 170 g/mol. The number of likely N-dealkylation sites (N-methyl/N-ethyl adjacent to an activating group) is 1. The lowest BCUT2D eigenvalue weighted by atomic mass is 10.3. The van der Waals surface area contributed by atoms with Gasteiger partial charge in [0.15, 0.2) is 0 Å². The summed E-state index contributed by atoms with van der Waals surface area (Å²) in [6, 6.07) is 0. The van der Waals surface area contributed by atoms with E-state index in [0.717, 1.165) is 0 Å². The Kier molecular flexibility index (Phi) is 0.852. The Bertz CT molecular complexity index is 323. The number of carbonyl (C=O) groups is 1. The number of ether oxygens (including phenoxy) is 1. The number of primary amides is 1. The molecule has 0 saturated carbocycles. The van der Waals surface area contributed by atoms with Gasteiger partial charge in [0.25, 0.3) is 0 Å². The second kappa shape index (κ2) is 3.57. The lowest BCUT2D eigenvalue weighted by molar-refractivity contribution is -0.873. The van der Waals surface area contributed by atoms with E-state index in [1.807, 2.05) is 0 Å². The number of nitrogens with two attached hydrogens (primary N) is 1. The fraction of sp³-hybridized carbons (Fsp3) is 0.857. The zero-order chi connectivity index (χ0) is 16.6. The van der Waals surface area contributed by atoms with E-state index in [-0.39, 0.29) is 0 Å². The number of hydrogen-bond donors (Lipinski definition) is 1. The first kappa shape index (κ1) is 2.62. The minimum Gasteiger partial charge on any atom is -0.441 e. The molecule has 1 amide bonds. The molecule has 11 heavy (non-hydrogen) atoms. The zero-order valence-electron chi connectivity index (χ0n) is 15.1. The zero-order valence-corrected chi connectivity index (χ0v) is 6.13. The van der Waals surface area contributed by atoms with Crippen LogP contribution in [0.25, 0.3) is 0 Å². The highest BCUT2D eigenvalue weighted by molar-refractivity contribution is 5.64. The molecule has 0 aliphatic carbocycles. The molecule has 0 radical (unpaired) electrons. The van der Waals surface area contributed by atoms with E-state index in [0.29, 0.717) is 0 Å². The topological polar surface area (TPSA) is 52.3 Å². The van der Waals surface area contributed by atoms with Gasteiger partial charge >= 0.3 is 6.09 Å². The highest BCUT2D eigenvalue weighted by Crippen LogP contribution is 1.97. The first-order valence-corrected chi connectivity index (χ1v) is 2.91. The van der Waals surface area contributed by atoms with E-state index in [9.17, 15) is 4.79 Å². The van der Waals surface area contributed by atoms with Crippen LogP contribution in [0.2, 0.25) is 0 Å². The van der Waals surface area contributed by atoms with Crippen LogP contribution in [-0.2, 0) is 4.74 Å². The predicted molar refractivity (Wildman–Crippen MR) is 43.0 cm³/mol. The van der Waals surface area contributed by atoms with Gasteiger partial charge in [-0.1, -0.05) is 0 Å². The first-order valence-electron chi connectivity index (χ1n) is 7.41. The largest absolute Gasteiger partial charge is 0.441 e. The molecule has 2 N–H and O–H groups in total. The van der Waals surface area contributed by atoms with Crippen LogP contribution in [0, 0.1) is 0 Å². The Morgan fingerprint density at radius 2 is 2.27 bits per heavy atom. The third kappa shape index (κ3) is 7.12. The summed E-state index contributed by atoms with van der Waals surface area (Å²) in [4.78, 5) is 10.6. The fourth-order valence-electron chi connectivity index (χ4n) is 0.621. The van der Waals surface area contributed by atoms with Crippen molar-refractivity contribution in [2.24, 2.45) is 5.73 Å². The molecule has 0 aromatic heterocycles. The van der Waals surface area contributed by atoms with Crippen molar-refractivity contribution in [3.63, 3.8) is 0 Å². The number of rotatable bonds is 3. The molecule has 0 heterocycles. The van der Waals surface area contributed by atoms with Crippen molar-refractivity contribution < 1.29 is 26.4 Å². The summed E-state index contributed by atoms with van der Waals surface area (Å²) in [6.45, 7) is -9.89. The molecule has 0 spiro atoms. The van der Waals surface area contributed by atoms with Gasteiger partial charge in [0, 0.05) is 0 Å². The summed E-state index contributed by atoms with van der Waals surface area (Å²) in [5, 5.41) is 0. The van der Waals surface area contributed by atoms with E-state index in [4.69, 9.17) is 18.1 Å². The van der Waals surface area contributed by atoms with Crippen molar-refractivity contribution in [2.75, 3.05) is 27.5 Å². The second-order valence-electron chi connectivity index (χ2n) is 2.24. The molecule has 0 aromatic rings. The SMILES string of the molecule is [2H]C([2H])([2H])[N+](CC(C)OC(N)=O)(C([2H])([2H])[2H])C([2H])([2H])[2H]. The number of amides is 1. The van der Waals surface area contributed by atoms with Crippen LogP contribution in [0.1, 0.15) is 19.3 Å². The van der Waals surface area contributed by atoms with Gasteiger partial charge in [0.2, 0.25) is 0 Å². The van der Waals surface area contributed by atoms with Crippen LogP contribution in [0.4, 0.5) is 4.79 Å². The number of hydrogen-bond acceptors (Lipinski definition) is 2. The highest BCUT2D eigenvalue weighted by Gasteiger charge is 2.15.